The molecule has 2 aromatic rings. The molecule has 0 unspecified atom stereocenters. The smallest absolute Gasteiger partial charge is 0.319 e. The van der Waals surface area contributed by atoms with Crippen LogP contribution in [0.5, 0.6) is 0 Å². The van der Waals surface area contributed by atoms with E-state index in [0.717, 1.165) is 5.82 Å². The van der Waals surface area contributed by atoms with E-state index < -0.39 is 5.97 Å². The molecule has 8 nitrogen and oxygen atoms in total. The van der Waals surface area contributed by atoms with Crippen molar-refractivity contribution in [3.63, 3.8) is 0 Å². The van der Waals surface area contributed by atoms with Gasteiger partial charge in [-0.3, -0.25) is 9.78 Å². The number of aliphatic carboxylic acids is 1. The zero-order valence-corrected chi connectivity index (χ0v) is 11.4. The number of carboxylic acid groups (broad SMARTS) is 1. The van der Waals surface area contributed by atoms with Crippen LogP contribution in [0.25, 0.3) is 0 Å². The summed E-state index contributed by atoms with van der Waals surface area (Å²) in [5, 5.41) is 13.9. The Hall–Kier alpha value is -2.90. The first-order valence-corrected chi connectivity index (χ1v) is 6.22. The number of carbonyl (C=O) groups is 2. The number of imidazole rings is 1. The number of pyridine rings is 1. The molecule has 0 fully saturated rings. The second-order valence-corrected chi connectivity index (χ2v) is 4.37. The predicted molar refractivity (Wildman–Crippen MR) is 74.6 cm³/mol. The SMILES string of the molecule is Cn1ccnc1CNC(=O)Nc1ccc(CC(=O)O)nc1. The van der Waals surface area contributed by atoms with Gasteiger partial charge < -0.3 is 20.3 Å². The molecule has 0 saturated carbocycles. The molecule has 8 heteroatoms. The molecule has 2 aromatic heterocycles. The summed E-state index contributed by atoms with van der Waals surface area (Å²) in [5.74, 6) is -0.212. The van der Waals surface area contributed by atoms with Crippen LogP contribution in [-0.2, 0) is 24.8 Å². The van der Waals surface area contributed by atoms with Crippen LogP contribution in [0.3, 0.4) is 0 Å². The summed E-state index contributed by atoms with van der Waals surface area (Å²) in [6.45, 7) is 0.305. The van der Waals surface area contributed by atoms with E-state index in [4.69, 9.17) is 5.11 Å². The fraction of sp³-hybridized carbons (Fsp3) is 0.231. The van der Waals surface area contributed by atoms with Gasteiger partial charge in [0.2, 0.25) is 0 Å². The van der Waals surface area contributed by atoms with Crippen LogP contribution in [0.2, 0.25) is 0 Å². The number of aromatic nitrogens is 3. The van der Waals surface area contributed by atoms with E-state index in [2.05, 4.69) is 20.6 Å². The molecule has 0 atom stereocenters. The molecule has 110 valence electrons. The van der Waals surface area contributed by atoms with E-state index in [1.54, 1.807) is 24.5 Å². The van der Waals surface area contributed by atoms with Gasteiger partial charge in [0.15, 0.2) is 0 Å². The van der Waals surface area contributed by atoms with Gasteiger partial charge in [-0.15, -0.1) is 0 Å². The van der Waals surface area contributed by atoms with Crippen molar-refractivity contribution in [2.45, 2.75) is 13.0 Å². The molecule has 0 saturated heterocycles. The van der Waals surface area contributed by atoms with Crippen LogP contribution in [0, 0.1) is 0 Å². The standard InChI is InChI=1S/C13H15N5O3/c1-18-5-4-14-11(18)8-16-13(21)17-10-3-2-9(15-7-10)6-12(19)20/h2-5,7H,6,8H2,1H3,(H,19,20)(H2,16,17,21). The normalized spacial score (nSPS) is 10.1. The number of nitrogens with zero attached hydrogens (tertiary/aromatic N) is 3. The number of urea groups is 1. The van der Waals surface area contributed by atoms with Gasteiger partial charge in [-0.1, -0.05) is 0 Å². The topological polar surface area (TPSA) is 109 Å². The summed E-state index contributed by atoms with van der Waals surface area (Å²) < 4.78 is 1.81. The summed E-state index contributed by atoms with van der Waals surface area (Å²) in [6, 6.07) is 2.78. The lowest BCUT2D eigenvalue weighted by Gasteiger charge is -2.07. The Morgan fingerprint density at radius 3 is 2.71 bits per heavy atom. The maximum absolute atomic E-state index is 11.7. The van der Waals surface area contributed by atoms with Crippen LogP contribution in [0.4, 0.5) is 10.5 Å². The molecule has 0 bridgehead atoms. The number of hydrogen-bond donors (Lipinski definition) is 3. The largest absolute Gasteiger partial charge is 0.481 e. The Balaban J connectivity index is 1.85. The number of hydrogen-bond acceptors (Lipinski definition) is 4. The van der Waals surface area contributed by atoms with Crippen LogP contribution in [0.1, 0.15) is 11.5 Å². The Labute approximate surface area is 120 Å². The molecule has 2 heterocycles. The average molecular weight is 289 g/mol. The van der Waals surface area contributed by atoms with Crippen molar-refractivity contribution >= 4 is 17.7 Å². The highest BCUT2D eigenvalue weighted by molar-refractivity contribution is 5.88. The maximum atomic E-state index is 11.7. The van der Waals surface area contributed by atoms with Crippen molar-refractivity contribution in [1.82, 2.24) is 19.9 Å². The number of nitrogens with one attached hydrogen (secondary N) is 2. The molecular weight excluding hydrogens is 274 g/mol. The molecule has 2 rings (SSSR count). The Morgan fingerprint density at radius 1 is 1.33 bits per heavy atom. The van der Waals surface area contributed by atoms with Crippen molar-refractivity contribution in [3.8, 4) is 0 Å². The quantitative estimate of drug-likeness (QED) is 0.753. The molecule has 0 spiro atoms. The highest BCUT2D eigenvalue weighted by Gasteiger charge is 2.06. The fourth-order valence-electron chi connectivity index (χ4n) is 1.66. The first-order chi connectivity index (χ1) is 10.0. The van der Waals surface area contributed by atoms with E-state index in [1.165, 1.54) is 6.20 Å². The van der Waals surface area contributed by atoms with Gasteiger partial charge >= 0.3 is 12.0 Å². The highest BCUT2D eigenvalue weighted by atomic mass is 16.4. The lowest BCUT2D eigenvalue weighted by Crippen LogP contribution is -2.29. The minimum atomic E-state index is -0.948. The minimum Gasteiger partial charge on any atom is -0.481 e. The summed E-state index contributed by atoms with van der Waals surface area (Å²) in [7, 11) is 1.84. The molecule has 3 N–H and O–H groups in total. The molecule has 0 radical (unpaired) electrons. The van der Waals surface area contributed by atoms with Crippen molar-refractivity contribution in [2.75, 3.05) is 5.32 Å². The van der Waals surface area contributed by atoms with E-state index in [9.17, 15) is 9.59 Å². The first kappa shape index (κ1) is 14.5. The van der Waals surface area contributed by atoms with Gasteiger partial charge in [0.25, 0.3) is 0 Å². The first-order valence-electron chi connectivity index (χ1n) is 6.22. The van der Waals surface area contributed by atoms with Crippen molar-refractivity contribution in [2.24, 2.45) is 7.05 Å². The van der Waals surface area contributed by atoms with Crippen LogP contribution >= 0.6 is 0 Å². The molecule has 2 amide bonds. The highest BCUT2D eigenvalue weighted by Crippen LogP contribution is 2.06. The Bertz CT molecular complexity index is 636. The number of anilines is 1. The maximum Gasteiger partial charge on any atom is 0.319 e. The Morgan fingerprint density at radius 2 is 2.14 bits per heavy atom. The van der Waals surface area contributed by atoms with Gasteiger partial charge in [-0.2, -0.15) is 0 Å². The lowest BCUT2D eigenvalue weighted by atomic mass is 10.2. The molecular formula is C13H15N5O3. The Kier molecular flexibility index (Phi) is 4.50. The van der Waals surface area contributed by atoms with Crippen molar-refractivity contribution in [1.29, 1.82) is 0 Å². The molecule has 0 aromatic carbocycles. The van der Waals surface area contributed by atoms with Crippen LogP contribution < -0.4 is 10.6 Å². The van der Waals surface area contributed by atoms with Crippen molar-refractivity contribution in [3.05, 3.63) is 42.2 Å². The molecule has 0 aliphatic rings. The van der Waals surface area contributed by atoms with E-state index in [-0.39, 0.29) is 12.5 Å². The van der Waals surface area contributed by atoms with Gasteiger partial charge in [-0.25, -0.2) is 9.78 Å². The van der Waals surface area contributed by atoms with E-state index in [1.807, 2.05) is 11.6 Å². The summed E-state index contributed by atoms with van der Waals surface area (Å²) in [6.07, 6.45) is 4.71. The monoisotopic (exact) mass is 289 g/mol. The van der Waals surface area contributed by atoms with Crippen LogP contribution in [0.15, 0.2) is 30.7 Å². The second-order valence-electron chi connectivity index (χ2n) is 4.37. The number of carbonyl (C=O) groups excluding carboxylic acids is 1. The third-order valence-electron chi connectivity index (χ3n) is 2.74. The second kappa shape index (κ2) is 6.51. The third-order valence-corrected chi connectivity index (χ3v) is 2.74. The zero-order valence-electron chi connectivity index (χ0n) is 11.4. The number of aryl methyl sites for hydroxylation is 1. The lowest BCUT2D eigenvalue weighted by molar-refractivity contribution is -0.136. The van der Waals surface area contributed by atoms with Crippen LogP contribution in [-0.4, -0.2) is 31.6 Å². The third kappa shape index (κ3) is 4.30. The number of rotatable bonds is 5. The average Bonchev–Trinajstić information content (AvgIpc) is 2.84. The molecule has 0 aliphatic carbocycles. The fourth-order valence-corrected chi connectivity index (χ4v) is 1.66. The molecule has 0 aliphatic heterocycles. The van der Waals surface area contributed by atoms with Crippen molar-refractivity contribution < 1.29 is 14.7 Å². The van der Waals surface area contributed by atoms with E-state index >= 15 is 0 Å². The predicted octanol–water partition coefficient (Wildman–Crippen LogP) is 0.764. The van der Waals surface area contributed by atoms with Gasteiger partial charge in [-0.05, 0) is 12.1 Å². The number of amides is 2. The number of carboxylic acids is 1. The summed E-state index contributed by atoms with van der Waals surface area (Å²) in [5.41, 5.74) is 0.919. The minimum absolute atomic E-state index is 0.147. The molecule has 21 heavy (non-hydrogen) atoms. The van der Waals surface area contributed by atoms with Gasteiger partial charge in [0.1, 0.15) is 5.82 Å². The van der Waals surface area contributed by atoms with Gasteiger partial charge in [0.05, 0.1) is 30.5 Å². The summed E-state index contributed by atoms with van der Waals surface area (Å²) >= 11 is 0. The van der Waals surface area contributed by atoms with Gasteiger partial charge in [0, 0.05) is 19.4 Å². The summed E-state index contributed by atoms with van der Waals surface area (Å²) in [4.78, 5) is 30.3. The zero-order chi connectivity index (χ0) is 15.2. The van der Waals surface area contributed by atoms with E-state index in [0.29, 0.717) is 17.9 Å².